The predicted octanol–water partition coefficient (Wildman–Crippen LogP) is 2.91. The Morgan fingerprint density at radius 3 is 2.74 bits per heavy atom. The Morgan fingerprint density at radius 1 is 1.32 bits per heavy atom. The molecular weight excluding hydrogens is 464 g/mol. The summed E-state index contributed by atoms with van der Waals surface area (Å²) in [5.74, 6) is -1.35. The third-order valence-electron chi connectivity index (χ3n) is 5.17. The maximum absolute atomic E-state index is 13.8. The van der Waals surface area contributed by atoms with Crippen molar-refractivity contribution in [1.29, 1.82) is 0 Å². The molecule has 3 rings (SSSR count). The highest BCUT2D eigenvalue weighted by Crippen LogP contribution is 2.42. The molecule has 0 saturated heterocycles. The number of fused-ring (bicyclic) bond motifs is 1. The highest BCUT2D eigenvalue weighted by Gasteiger charge is 2.37. The number of benzene rings is 1. The monoisotopic (exact) mass is 493 g/mol. The van der Waals surface area contributed by atoms with Gasteiger partial charge in [-0.25, -0.2) is 29.5 Å². The van der Waals surface area contributed by atoms with Crippen LogP contribution in [0, 0.1) is 5.82 Å². The van der Waals surface area contributed by atoms with E-state index in [4.69, 9.17) is 10.5 Å². The molecule has 0 saturated carbocycles. The molecule has 0 radical (unpaired) electrons. The van der Waals surface area contributed by atoms with Gasteiger partial charge in [0.15, 0.2) is 11.5 Å². The smallest absolute Gasteiger partial charge is 0.323 e. The number of nitrogen functional groups attached to an aromatic ring is 1. The lowest BCUT2D eigenvalue weighted by atomic mass is 10.1. The van der Waals surface area contributed by atoms with E-state index in [-0.39, 0.29) is 12.2 Å². The number of hydrogen-bond acceptors (Lipinski definition) is 7. The maximum Gasteiger partial charge on any atom is 0.323 e. The van der Waals surface area contributed by atoms with Crippen LogP contribution in [0.25, 0.3) is 11.2 Å². The number of rotatable bonds is 11. The van der Waals surface area contributed by atoms with Gasteiger partial charge >= 0.3 is 5.97 Å². The molecule has 2 heterocycles. The van der Waals surface area contributed by atoms with Crippen LogP contribution < -0.4 is 15.9 Å². The minimum absolute atomic E-state index is 0.262. The number of aliphatic carboxylic acids is 1. The van der Waals surface area contributed by atoms with Gasteiger partial charge in [-0.15, -0.1) is 0 Å². The number of halogens is 1. The highest BCUT2D eigenvalue weighted by atomic mass is 31.2. The van der Waals surface area contributed by atoms with Crippen molar-refractivity contribution in [3.05, 3.63) is 48.3 Å². The van der Waals surface area contributed by atoms with Crippen LogP contribution in [0.1, 0.15) is 39.3 Å². The fourth-order valence-electron chi connectivity index (χ4n) is 3.36. The van der Waals surface area contributed by atoms with Gasteiger partial charge in [0, 0.05) is 6.04 Å². The normalized spacial score (nSPS) is 15.7. The van der Waals surface area contributed by atoms with Crippen LogP contribution in [0.2, 0.25) is 0 Å². The third kappa shape index (κ3) is 6.15. The van der Waals surface area contributed by atoms with Gasteiger partial charge in [-0.2, -0.15) is 0 Å². The van der Waals surface area contributed by atoms with Crippen molar-refractivity contribution in [3.63, 3.8) is 0 Å². The first kappa shape index (κ1) is 25.7. The second-order valence-corrected chi connectivity index (χ2v) is 10.8. The van der Waals surface area contributed by atoms with Crippen LogP contribution in [-0.4, -0.2) is 48.6 Å². The second kappa shape index (κ2) is 10.1. The van der Waals surface area contributed by atoms with Crippen molar-refractivity contribution in [2.45, 2.75) is 51.9 Å². The van der Waals surface area contributed by atoms with E-state index < -0.39 is 36.9 Å². The summed E-state index contributed by atoms with van der Waals surface area (Å²) in [6.45, 7) is 6.62. The molecule has 3 atom stereocenters. The molecule has 0 spiro atoms. The molecule has 0 aliphatic carbocycles. The van der Waals surface area contributed by atoms with Crippen molar-refractivity contribution in [2.75, 3.05) is 12.1 Å². The zero-order valence-electron chi connectivity index (χ0n) is 19.4. The van der Waals surface area contributed by atoms with Crippen molar-refractivity contribution >= 4 is 30.4 Å². The van der Waals surface area contributed by atoms with Crippen LogP contribution in [0.15, 0.2) is 36.9 Å². The number of anilines is 1. The second-order valence-electron chi connectivity index (χ2n) is 8.62. The number of hydrogen-bond donors (Lipinski definition) is 4. The van der Waals surface area contributed by atoms with Gasteiger partial charge in [-0.3, -0.25) is 9.36 Å². The van der Waals surface area contributed by atoms with E-state index in [1.54, 1.807) is 36.9 Å². The fraction of sp³-hybridized carbons (Fsp3) is 0.429. The predicted molar refractivity (Wildman–Crippen MR) is 126 cm³/mol. The number of carboxylic acids is 1. The number of imidazole rings is 1. The highest BCUT2D eigenvalue weighted by molar-refractivity contribution is 7.59. The Balaban J connectivity index is 1.75. The molecule has 0 fully saturated rings. The topological polar surface area (TPSA) is 157 Å². The quantitative estimate of drug-likeness (QED) is 0.293. The summed E-state index contributed by atoms with van der Waals surface area (Å²) in [6.07, 6.45) is 2.15. The standard InChI is InChI=1S/C21H29FN7O4P/c1-13(9-29-11-26-17-18(23)24-10-25-19(17)29)33-12-34(32,28-21(3,4)20(30)31)27-14(2)15-6-5-7-16(22)8-15/h5-8,10-11,13-14H,9,12H2,1-4H3,(H,30,31)(H2,23,24,25)(H2,27,28,32)/t13-,14+,34?/m1/s1. The fourth-order valence-corrected chi connectivity index (χ4v) is 5.80. The number of ether oxygens (including phenoxy) is 1. The average Bonchev–Trinajstić information content (AvgIpc) is 3.16. The van der Waals surface area contributed by atoms with E-state index in [0.29, 0.717) is 23.3 Å². The molecule has 11 nitrogen and oxygen atoms in total. The number of nitrogens with two attached hydrogens (primary N) is 1. The molecule has 0 bridgehead atoms. The van der Waals surface area contributed by atoms with Gasteiger partial charge in [0.25, 0.3) is 0 Å². The van der Waals surface area contributed by atoms with Crippen LogP contribution in [0.3, 0.4) is 0 Å². The number of carbonyl (C=O) groups is 1. The number of aromatic nitrogens is 4. The molecule has 34 heavy (non-hydrogen) atoms. The summed E-state index contributed by atoms with van der Waals surface area (Å²) < 4.78 is 35.1. The summed E-state index contributed by atoms with van der Waals surface area (Å²) in [7, 11) is -3.63. The van der Waals surface area contributed by atoms with Crippen molar-refractivity contribution in [1.82, 2.24) is 29.7 Å². The first-order chi connectivity index (χ1) is 15.9. The molecular formula is C21H29FN7O4P. The molecule has 3 aromatic rings. The molecule has 0 aliphatic heterocycles. The van der Waals surface area contributed by atoms with Crippen molar-refractivity contribution in [3.8, 4) is 0 Å². The van der Waals surface area contributed by atoms with E-state index in [2.05, 4.69) is 25.1 Å². The SMILES string of the molecule is C[C@H](Cn1cnc2c(N)ncnc21)OCP(=O)(N[C@@H](C)c1cccc(F)c1)NC(C)(C)C(=O)O. The van der Waals surface area contributed by atoms with Crippen molar-refractivity contribution < 1.29 is 23.6 Å². The van der Waals surface area contributed by atoms with E-state index in [1.165, 1.54) is 32.3 Å². The molecule has 1 aromatic carbocycles. The van der Waals surface area contributed by atoms with Gasteiger partial charge in [-0.05, 0) is 45.4 Å². The molecule has 2 aromatic heterocycles. The molecule has 0 aliphatic rings. The van der Waals surface area contributed by atoms with Gasteiger partial charge in [-0.1, -0.05) is 12.1 Å². The summed E-state index contributed by atoms with van der Waals surface area (Å²) >= 11 is 0. The minimum Gasteiger partial charge on any atom is -0.480 e. The van der Waals surface area contributed by atoms with Gasteiger partial charge in [0.2, 0.25) is 7.44 Å². The van der Waals surface area contributed by atoms with Crippen LogP contribution in [0.4, 0.5) is 10.2 Å². The Morgan fingerprint density at radius 2 is 2.06 bits per heavy atom. The largest absolute Gasteiger partial charge is 0.480 e. The van der Waals surface area contributed by atoms with Gasteiger partial charge in [0.1, 0.15) is 29.5 Å². The van der Waals surface area contributed by atoms with E-state index in [0.717, 1.165) is 0 Å². The van der Waals surface area contributed by atoms with E-state index in [9.17, 15) is 18.9 Å². The summed E-state index contributed by atoms with van der Waals surface area (Å²) in [5, 5.41) is 15.2. The lowest BCUT2D eigenvalue weighted by Gasteiger charge is -2.32. The zero-order chi connectivity index (χ0) is 25.1. The van der Waals surface area contributed by atoms with Crippen LogP contribution in [-0.2, 0) is 20.6 Å². The summed E-state index contributed by atoms with van der Waals surface area (Å²) in [5.41, 5.74) is 5.88. The Kier molecular flexibility index (Phi) is 7.67. The number of carboxylic acid groups (broad SMARTS) is 1. The zero-order valence-corrected chi connectivity index (χ0v) is 20.3. The Labute approximate surface area is 196 Å². The maximum atomic E-state index is 13.8. The number of nitrogens with zero attached hydrogens (tertiary/aromatic N) is 4. The molecule has 5 N–H and O–H groups in total. The van der Waals surface area contributed by atoms with Gasteiger partial charge < -0.3 is 20.1 Å². The Bertz CT molecular complexity index is 1220. The first-order valence-electron chi connectivity index (χ1n) is 10.6. The lowest BCUT2D eigenvalue weighted by molar-refractivity contribution is -0.142. The van der Waals surface area contributed by atoms with E-state index >= 15 is 0 Å². The molecule has 13 heteroatoms. The molecule has 184 valence electrons. The van der Waals surface area contributed by atoms with Crippen LogP contribution >= 0.6 is 7.44 Å². The molecule has 1 unspecified atom stereocenters. The van der Waals surface area contributed by atoms with Crippen molar-refractivity contribution in [2.24, 2.45) is 0 Å². The third-order valence-corrected chi connectivity index (χ3v) is 7.41. The van der Waals surface area contributed by atoms with Gasteiger partial charge in [0.05, 0.1) is 19.0 Å². The summed E-state index contributed by atoms with van der Waals surface area (Å²) in [6, 6.07) is 5.33. The van der Waals surface area contributed by atoms with E-state index in [1.807, 2.05) is 0 Å². The Hall–Kier alpha value is -2.92. The number of nitrogens with one attached hydrogen (secondary N) is 2. The molecule has 0 amide bonds. The first-order valence-corrected chi connectivity index (χ1v) is 12.5. The average molecular weight is 493 g/mol. The lowest BCUT2D eigenvalue weighted by Crippen LogP contribution is -2.47. The minimum atomic E-state index is -3.63. The summed E-state index contributed by atoms with van der Waals surface area (Å²) in [4.78, 5) is 24.0. The van der Waals surface area contributed by atoms with Crippen LogP contribution in [0.5, 0.6) is 0 Å².